The Kier molecular flexibility index (Phi) is 6.69. The molecule has 0 aliphatic rings. The van der Waals surface area contributed by atoms with Crippen molar-refractivity contribution in [2.75, 3.05) is 25.9 Å². The molecule has 0 bridgehead atoms. The van der Waals surface area contributed by atoms with Crippen molar-refractivity contribution in [1.29, 1.82) is 0 Å². The molecule has 1 amide bonds. The van der Waals surface area contributed by atoms with Crippen molar-refractivity contribution in [3.63, 3.8) is 0 Å². The summed E-state index contributed by atoms with van der Waals surface area (Å²) in [4.78, 5) is 12.5. The van der Waals surface area contributed by atoms with Crippen molar-refractivity contribution in [3.05, 3.63) is 30.3 Å². The fourth-order valence-electron chi connectivity index (χ4n) is 1.20. The first-order valence-electron chi connectivity index (χ1n) is 5.42. The summed E-state index contributed by atoms with van der Waals surface area (Å²) in [6.07, 6.45) is 0.548. The molecule has 0 saturated carbocycles. The lowest BCUT2D eigenvalue weighted by atomic mass is 10.4. The van der Waals surface area contributed by atoms with E-state index in [4.69, 9.17) is 0 Å². The van der Waals surface area contributed by atoms with Gasteiger partial charge in [0.15, 0.2) is 0 Å². The van der Waals surface area contributed by atoms with Crippen LogP contribution in [0.3, 0.4) is 0 Å². The van der Waals surface area contributed by atoms with Crippen molar-refractivity contribution < 1.29 is 4.79 Å². The normalized spacial score (nSPS) is 10.1. The summed E-state index contributed by atoms with van der Waals surface area (Å²) in [6, 6.07) is 10.2. The van der Waals surface area contributed by atoms with E-state index in [0.717, 1.165) is 18.8 Å². The monoisotopic (exact) mass is 238 g/mol. The van der Waals surface area contributed by atoms with E-state index in [1.807, 2.05) is 25.2 Å². The van der Waals surface area contributed by atoms with Crippen LogP contribution in [0.4, 0.5) is 0 Å². The Hall–Kier alpha value is -1.00. The number of carbonyl (C=O) groups is 1. The molecule has 0 atom stereocenters. The van der Waals surface area contributed by atoms with Gasteiger partial charge in [-0.25, -0.2) is 0 Å². The van der Waals surface area contributed by atoms with Gasteiger partial charge in [-0.15, -0.1) is 11.8 Å². The fraction of sp³-hybridized carbons (Fsp3) is 0.417. The molecule has 2 N–H and O–H groups in total. The Morgan fingerprint density at radius 2 is 2.00 bits per heavy atom. The van der Waals surface area contributed by atoms with Gasteiger partial charge < -0.3 is 10.6 Å². The van der Waals surface area contributed by atoms with E-state index in [9.17, 15) is 4.79 Å². The van der Waals surface area contributed by atoms with Gasteiger partial charge in [-0.1, -0.05) is 18.2 Å². The van der Waals surface area contributed by atoms with E-state index in [1.165, 1.54) is 4.90 Å². The number of hydrogen-bond acceptors (Lipinski definition) is 3. The molecular weight excluding hydrogens is 220 g/mol. The molecule has 1 aromatic rings. The maximum Gasteiger partial charge on any atom is 0.221 e. The van der Waals surface area contributed by atoms with Crippen LogP contribution in [0.1, 0.15) is 6.42 Å². The van der Waals surface area contributed by atoms with Crippen LogP contribution < -0.4 is 10.6 Å². The molecular formula is C12H18N2OS. The zero-order chi connectivity index (χ0) is 11.6. The number of rotatable bonds is 7. The maximum atomic E-state index is 11.3. The van der Waals surface area contributed by atoms with Crippen molar-refractivity contribution in [1.82, 2.24) is 10.6 Å². The van der Waals surface area contributed by atoms with Crippen LogP contribution in [0.2, 0.25) is 0 Å². The average molecular weight is 238 g/mol. The Labute approximate surface area is 101 Å². The molecule has 0 fully saturated rings. The topological polar surface area (TPSA) is 41.1 Å². The summed E-state index contributed by atoms with van der Waals surface area (Å²) in [5, 5.41) is 5.84. The third kappa shape index (κ3) is 5.78. The molecule has 88 valence electrons. The predicted octanol–water partition coefficient (Wildman–Crippen LogP) is 1.50. The van der Waals surface area contributed by atoms with Gasteiger partial charge in [0, 0.05) is 30.2 Å². The molecule has 0 aliphatic heterocycles. The molecule has 0 spiro atoms. The fourth-order valence-corrected chi connectivity index (χ4v) is 1.99. The predicted molar refractivity (Wildman–Crippen MR) is 68.7 cm³/mol. The van der Waals surface area contributed by atoms with Crippen molar-refractivity contribution >= 4 is 17.7 Å². The van der Waals surface area contributed by atoms with Gasteiger partial charge in [0.2, 0.25) is 5.91 Å². The number of thioether (sulfide) groups is 1. The number of nitrogens with one attached hydrogen (secondary N) is 2. The van der Waals surface area contributed by atoms with Crippen molar-refractivity contribution in [2.24, 2.45) is 0 Å². The Morgan fingerprint density at radius 3 is 2.69 bits per heavy atom. The molecule has 0 aromatic heterocycles. The van der Waals surface area contributed by atoms with Gasteiger partial charge in [0.05, 0.1) is 0 Å². The molecule has 16 heavy (non-hydrogen) atoms. The lowest BCUT2D eigenvalue weighted by Crippen LogP contribution is -2.28. The van der Waals surface area contributed by atoms with Gasteiger partial charge in [-0.2, -0.15) is 0 Å². The number of hydrogen-bond donors (Lipinski definition) is 2. The van der Waals surface area contributed by atoms with Crippen LogP contribution in [-0.2, 0) is 4.79 Å². The highest BCUT2D eigenvalue weighted by molar-refractivity contribution is 7.99. The van der Waals surface area contributed by atoms with Crippen molar-refractivity contribution in [3.8, 4) is 0 Å². The van der Waals surface area contributed by atoms with E-state index in [-0.39, 0.29) is 5.91 Å². The Bertz CT molecular complexity index is 303. The minimum atomic E-state index is 0.114. The SMILES string of the molecule is CNCCC(=O)NCCSc1ccccc1. The van der Waals surface area contributed by atoms with E-state index in [0.29, 0.717) is 6.42 Å². The number of amides is 1. The third-order valence-electron chi connectivity index (χ3n) is 2.04. The first kappa shape index (κ1) is 13.1. The second-order valence-corrected chi connectivity index (χ2v) is 4.53. The molecule has 4 heteroatoms. The molecule has 0 unspecified atom stereocenters. The molecule has 1 aromatic carbocycles. The largest absolute Gasteiger partial charge is 0.355 e. The third-order valence-corrected chi connectivity index (χ3v) is 3.05. The van der Waals surface area contributed by atoms with E-state index < -0.39 is 0 Å². The Morgan fingerprint density at radius 1 is 1.25 bits per heavy atom. The lowest BCUT2D eigenvalue weighted by Gasteiger charge is -2.04. The Balaban J connectivity index is 2.06. The van der Waals surface area contributed by atoms with E-state index >= 15 is 0 Å². The number of benzene rings is 1. The minimum absolute atomic E-state index is 0.114. The summed E-state index contributed by atoms with van der Waals surface area (Å²) in [7, 11) is 1.85. The van der Waals surface area contributed by atoms with Crippen LogP contribution in [0.15, 0.2) is 35.2 Å². The van der Waals surface area contributed by atoms with E-state index in [2.05, 4.69) is 22.8 Å². The molecule has 3 nitrogen and oxygen atoms in total. The summed E-state index contributed by atoms with van der Waals surface area (Å²) in [5.41, 5.74) is 0. The van der Waals surface area contributed by atoms with Gasteiger partial charge >= 0.3 is 0 Å². The quantitative estimate of drug-likeness (QED) is 0.559. The number of carbonyl (C=O) groups excluding carboxylic acids is 1. The summed E-state index contributed by atoms with van der Waals surface area (Å²) < 4.78 is 0. The highest BCUT2D eigenvalue weighted by Gasteiger charge is 1.99. The molecule has 0 heterocycles. The zero-order valence-electron chi connectivity index (χ0n) is 9.53. The lowest BCUT2D eigenvalue weighted by molar-refractivity contribution is -0.120. The summed E-state index contributed by atoms with van der Waals surface area (Å²) >= 11 is 1.76. The van der Waals surface area contributed by atoms with Gasteiger partial charge in [0.1, 0.15) is 0 Å². The second kappa shape index (κ2) is 8.19. The standard InChI is InChI=1S/C12H18N2OS/c1-13-8-7-12(15)14-9-10-16-11-5-3-2-4-6-11/h2-6,13H,7-10H2,1H3,(H,14,15). The van der Waals surface area contributed by atoms with Crippen LogP contribution in [-0.4, -0.2) is 31.8 Å². The minimum Gasteiger partial charge on any atom is -0.355 e. The molecule has 0 aliphatic carbocycles. The first-order valence-corrected chi connectivity index (χ1v) is 6.40. The second-order valence-electron chi connectivity index (χ2n) is 3.37. The van der Waals surface area contributed by atoms with E-state index in [1.54, 1.807) is 11.8 Å². The van der Waals surface area contributed by atoms with Crippen LogP contribution >= 0.6 is 11.8 Å². The summed E-state index contributed by atoms with van der Waals surface area (Å²) in [5.74, 6) is 1.03. The molecule has 1 rings (SSSR count). The molecule has 0 saturated heterocycles. The van der Waals surface area contributed by atoms with Crippen molar-refractivity contribution in [2.45, 2.75) is 11.3 Å². The van der Waals surface area contributed by atoms with Gasteiger partial charge in [-0.3, -0.25) is 4.79 Å². The first-order chi connectivity index (χ1) is 7.83. The summed E-state index contributed by atoms with van der Waals surface area (Å²) in [6.45, 7) is 1.46. The van der Waals surface area contributed by atoms with Crippen LogP contribution in [0, 0.1) is 0 Å². The smallest absolute Gasteiger partial charge is 0.221 e. The average Bonchev–Trinajstić information content (AvgIpc) is 2.33. The van der Waals surface area contributed by atoms with Crippen LogP contribution in [0.25, 0.3) is 0 Å². The maximum absolute atomic E-state index is 11.3. The van der Waals surface area contributed by atoms with Gasteiger partial charge in [-0.05, 0) is 19.2 Å². The van der Waals surface area contributed by atoms with Crippen LogP contribution in [0.5, 0.6) is 0 Å². The van der Waals surface area contributed by atoms with Gasteiger partial charge in [0.25, 0.3) is 0 Å². The highest BCUT2D eigenvalue weighted by Crippen LogP contribution is 2.15. The zero-order valence-corrected chi connectivity index (χ0v) is 10.3. The molecule has 0 radical (unpaired) electrons. The highest BCUT2D eigenvalue weighted by atomic mass is 32.2.